The predicted molar refractivity (Wildman–Crippen MR) is 76.1 cm³/mol. The Kier molecular flexibility index (Phi) is 5.23. The molecule has 1 heterocycles. The maximum atomic E-state index is 9.93. The van der Waals surface area contributed by atoms with Crippen LogP contribution < -0.4 is 4.74 Å². The summed E-state index contributed by atoms with van der Waals surface area (Å²) in [5.41, 5.74) is 1.03. The van der Waals surface area contributed by atoms with Crippen molar-refractivity contribution in [2.75, 3.05) is 26.2 Å². The van der Waals surface area contributed by atoms with Crippen molar-refractivity contribution in [1.29, 1.82) is 0 Å². The van der Waals surface area contributed by atoms with Crippen molar-refractivity contribution < 1.29 is 20.1 Å². The molecule has 20 heavy (non-hydrogen) atoms. The highest BCUT2D eigenvalue weighted by molar-refractivity contribution is 6.32. The van der Waals surface area contributed by atoms with Gasteiger partial charge in [-0.3, -0.25) is 4.90 Å². The number of halogens is 1. The van der Waals surface area contributed by atoms with Crippen LogP contribution in [0.1, 0.15) is 5.56 Å². The summed E-state index contributed by atoms with van der Waals surface area (Å²) < 4.78 is 5.51. The fourth-order valence-electron chi connectivity index (χ4n) is 2.25. The Balaban J connectivity index is 1.80. The van der Waals surface area contributed by atoms with Gasteiger partial charge in [0.2, 0.25) is 0 Å². The van der Waals surface area contributed by atoms with Gasteiger partial charge in [0.1, 0.15) is 18.5 Å². The van der Waals surface area contributed by atoms with Gasteiger partial charge in [-0.05, 0) is 24.6 Å². The molecule has 0 saturated carbocycles. The Morgan fingerprint density at radius 1 is 1.35 bits per heavy atom. The van der Waals surface area contributed by atoms with Crippen LogP contribution in [-0.4, -0.2) is 64.8 Å². The third kappa shape index (κ3) is 4.07. The van der Waals surface area contributed by atoms with Gasteiger partial charge in [-0.2, -0.15) is 0 Å². The second-order valence-corrected chi connectivity index (χ2v) is 5.66. The summed E-state index contributed by atoms with van der Waals surface area (Å²) in [6.45, 7) is 3.13. The fourth-order valence-corrected chi connectivity index (χ4v) is 2.43. The zero-order chi connectivity index (χ0) is 14.7. The molecular formula is C14H20ClNO4. The third-order valence-corrected chi connectivity index (χ3v) is 3.63. The molecule has 0 spiro atoms. The van der Waals surface area contributed by atoms with Crippen molar-refractivity contribution in [2.24, 2.45) is 0 Å². The average Bonchev–Trinajstić information content (AvgIpc) is 2.69. The Bertz CT molecular complexity index is 447. The van der Waals surface area contributed by atoms with Crippen LogP contribution in [0.4, 0.5) is 0 Å². The molecule has 0 radical (unpaired) electrons. The van der Waals surface area contributed by atoms with E-state index in [9.17, 15) is 15.3 Å². The van der Waals surface area contributed by atoms with Crippen LogP contribution in [0.2, 0.25) is 5.02 Å². The SMILES string of the molecule is Cc1ccc(Cl)c(OC[C@H](O)CN2C[C@@H](O)[C@H](O)C2)c1. The summed E-state index contributed by atoms with van der Waals surface area (Å²) >= 11 is 6.01. The van der Waals surface area contributed by atoms with E-state index in [0.717, 1.165) is 5.56 Å². The number of aliphatic hydroxyl groups is 3. The van der Waals surface area contributed by atoms with Crippen molar-refractivity contribution in [3.63, 3.8) is 0 Å². The van der Waals surface area contributed by atoms with E-state index in [0.29, 0.717) is 30.4 Å². The summed E-state index contributed by atoms with van der Waals surface area (Å²) in [4.78, 5) is 1.81. The third-order valence-electron chi connectivity index (χ3n) is 3.32. The quantitative estimate of drug-likeness (QED) is 0.735. The molecule has 0 aliphatic carbocycles. The van der Waals surface area contributed by atoms with Gasteiger partial charge in [-0.1, -0.05) is 17.7 Å². The smallest absolute Gasteiger partial charge is 0.138 e. The zero-order valence-electron chi connectivity index (χ0n) is 11.4. The van der Waals surface area contributed by atoms with E-state index >= 15 is 0 Å². The molecule has 0 aromatic heterocycles. The molecule has 2 rings (SSSR count). The lowest BCUT2D eigenvalue weighted by molar-refractivity contribution is 0.0572. The van der Waals surface area contributed by atoms with Crippen LogP contribution in [0.15, 0.2) is 18.2 Å². The van der Waals surface area contributed by atoms with Gasteiger partial charge in [0.05, 0.1) is 17.2 Å². The number of nitrogens with zero attached hydrogens (tertiary/aromatic N) is 1. The highest BCUT2D eigenvalue weighted by Gasteiger charge is 2.30. The summed E-state index contributed by atoms with van der Waals surface area (Å²) in [5.74, 6) is 0.548. The molecule has 1 aliphatic heterocycles. The molecule has 0 unspecified atom stereocenters. The Morgan fingerprint density at radius 3 is 2.65 bits per heavy atom. The summed E-state index contributed by atoms with van der Waals surface area (Å²) in [7, 11) is 0. The minimum Gasteiger partial charge on any atom is -0.489 e. The molecule has 5 nitrogen and oxygen atoms in total. The van der Waals surface area contributed by atoms with Crippen molar-refractivity contribution >= 4 is 11.6 Å². The van der Waals surface area contributed by atoms with Gasteiger partial charge in [0.15, 0.2) is 0 Å². The maximum absolute atomic E-state index is 9.93. The average molecular weight is 302 g/mol. The van der Waals surface area contributed by atoms with Crippen LogP contribution >= 0.6 is 11.6 Å². The lowest BCUT2D eigenvalue weighted by atomic mass is 10.2. The minimum atomic E-state index is -0.741. The van der Waals surface area contributed by atoms with E-state index < -0.39 is 18.3 Å². The molecule has 0 amide bonds. The molecule has 1 saturated heterocycles. The molecule has 3 atom stereocenters. The van der Waals surface area contributed by atoms with Gasteiger partial charge in [0, 0.05) is 19.6 Å². The summed E-state index contributed by atoms with van der Waals surface area (Å²) in [6, 6.07) is 5.46. The van der Waals surface area contributed by atoms with E-state index in [1.807, 2.05) is 19.1 Å². The van der Waals surface area contributed by atoms with Crippen molar-refractivity contribution in [1.82, 2.24) is 4.90 Å². The lowest BCUT2D eigenvalue weighted by Crippen LogP contribution is -2.35. The van der Waals surface area contributed by atoms with Gasteiger partial charge >= 0.3 is 0 Å². The van der Waals surface area contributed by atoms with Crippen LogP contribution in [0.5, 0.6) is 5.75 Å². The first-order chi connectivity index (χ1) is 9.45. The molecule has 1 aliphatic rings. The van der Waals surface area contributed by atoms with Crippen LogP contribution in [-0.2, 0) is 0 Å². The number of aliphatic hydroxyl groups excluding tert-OH is 3. The van der Waals surface area contributed by atoms with Crippen LogP contribution in [0.25, 0.3) is 0 Å². The largest absolute Gasteiger partial charge is 0.489 e. The first-order valence-electron chi connectivity index (χ1n) is 6.61. The summed E-state index contributed by atoms with van der Waals surface area (Å²) in [6.07, 6.45) is -2.19. The fraction of sp³-hybridized carbons (Fsp3) is 0.571. The molecular weight excluding hydrogens is 282 g/mol. The Labute approximate surface area is 123 Å². The van der Waals surface area contributed by atoms with Crippen molar-refractivity contribution in [3.8, 4) is 5.75 Å². The van der Waals surface area contributed by atoms with Crippen molar-refractivity contribution in [3.05, 3.63) is 28.8 Å². The standard InChI is InChI=1S/C14H20ClNO4/c1-9-2-3-11(15)14(4-9)20-8-10(17)5-16-6-12(18)13(19)7-16/h2-4,10,12-13,17-19H,5-8H2,1H3/t10-,12-,13-/m1/s1. The number of likely N-dealkylation sites (tertiary alicyclic amines) is 1. The number of benzene rings is 1. The van der Waals surface area contributed by atoms with Gasteiger partial charge in [-0.15, -0.1) is 0 Å². The minimum absolute atomic E-state index is 0.117. The monoisotopic (exact) mass is 301 g/mol. The molecule has 1 aromatic carbocycles. The van der Waals surface area contributed by atoms with E-state index in [2.05, 4.69) is 0 Å². The van der Waals surface area contributed by atoms with Gasteiger partial charge in [0.25, 0.3) is 0 Å². The normalized spacial score (nSPS) is 24.9. The second-order valence-electron chi connectivity index (χ2n) is 5.25. The predicted octanol–water partition coefficient (Wildman–Crippen LogP) is 0.426. The topological polar surface area (TPSA) is 73.2 Å². The second kappa shape index (κ2) is 6.74. The highest BCUT2D eigenvalue weighted by atomic mass is 35.5. The highest BCUT2D eigenvalue weighted by Crippen LogP contribution is 2.25. The molecule has 0 bridgehead atoms. The number of hydrogen-bond donors (Lipinski definition) is 3. The molecule has 6 heteroatoms. The molecule has 3 N–H and O–H groups in total. The van der Waals surface area contributed by atoms with E-state index in [4.69, 9.17) is 16.3 Å². The van der Waals surface area contributed by atoms with Crippen LogP contribution in [0, 0.1) is 6.92 Å². The van der Waals surface area contributed by atoms with E-state index in [1.54, 1.807) is 11.0 Å². The van der Waals surface area contributed by atoms with Gasteiger partial charge < -0.3 is 20.1 Å². The molecule has 1 fully saturated rings. The first kappa shape index (κ1) is 15.5. The number of ether oxygens (including phenoxy) is 1. The van der Waals surface area contributed by atoms with Crippen LogP contribution in [0.3, 0.4) is 0 Å². The first-order valence-corrected chi connectivity index (χ1v) is 6.99. The zero-order valence-corrected chi connectivity index (χ0v) is 12.1. The molecule has 112 valence electrons. The Morgan fingerprint density at radius 2 is 2.00 bits per heavy atom. The van der Waals surface area contributed by atoms with E-state index in [-0.39, 0.29) is 6.61 Å². The summed E-state index contributed by atoms with van der Waals surface area (Å²) in [5, 5.41) is 29.3. The molecule has 1 aromatic rings. The van der Waals surface area contributed by atoms with Crippen molar-refractivity contribution in [2.45, 2.75) is 25.2 Å². The number of hydrogen-bond acceptors (Lipinski definition) is 5. The lowest BCUT2D eigenvalue weighted by Gasteiger charge is -2.20. The van der Waals surface area contributed by atoms with E-state index in [1.165, 1.54) is 0 Å². The number of β-amino-alcohol motifs (C(OH)–C–C–N with tert-alkyl or cyclic N) is 3. The Hall–Kier alpha value is -0.850. The maximum Gasteiger partial charge on any atom is 0.138 e. The number of rotatable bonds is 5. The number of aryl methyl sites for hydroxylation is 1. The van der Waals surface area contributed by atoms with Gasteiger partial charge in [-0.25, -0.2) is 0 Å².